The molecule has 5 heteroatoms. The maximum Gasteiger partial charge on any atom is 0.261 e. The molecule has 0 aliphatic rings. The predicted octanol–water partition coefficient (Wildman–Crippen LogP) is 3.31. The van der Waals surface area contributed by atoms with Crippen LogP contribution in [-0.2, 0) is 11.3 Å². The van der Waals surface area contributed by atoms with Gasteiger partial charge in [0.2, 0.25) is 0 Å². The molecule has 1 N–H and O–H groups in total. The van der Waals surface area contributed by atoms with E-state index in [0.29, 0.717) is 18.7 Å². The number of carbonyl (C=O) groups excluding carboxylic acids is 1. The zero-order valence-corrected chi connectivity index (χ0v) is 13.2. The van der Waals surface area contributed by atoms with Gasteiger partial charge in [-0.15, -0.1) is 0 Å². The first-order valence-electron chi connectivity index (χ1n) is 7.45. The van der Waals surface area contributed by atoms with Crippen molar-refractivity contribution in [2.45, 2.75) is 26.0 Å². The number of hydrogen-bond acceptors (Lipinski definition) is 3. The van der Waals surface area contributed by atoms with Crippen LogP contribution in [0.3, 0.4) is 0 Å². The Bertz CT molecular complexity index is 626. The van der Waals surface area contributed by atoms with Crippen molar-refractivity contribution >= 4 is 5.91 Å². The van der Waals surface area contributed by atoms with Crippen LogP contribution < -0.4 is 14.8 Å². The summed E-state index contributed by atoms with van der Waals surface area (Å²) in [5.74, 6) is 0.700. The smallest absolute Gasteiger partial charge is 0.261 e. The lowest BCUT2D eigenvalue weighted by Gasteiger charge is -2.17. The van der Waals surface area contributed by atoms with Gasteiger partial charge in [-0.3, -0.25) is 4.79 Å². The molecule has 0 heterocycles. The summed E-state index contributed by atoms with van der Waals surface area (Å²) in [5.41, 5.74) is 0.968. The van der Waals surface area contributed by atoms with Crippen molar-refractivity contribution in [3.8, 4) is 11.5 Å². The second-order valence-electron chi connectivity index (χ2n) is 5.03. The molecule has 0 aromatic heterocycles. The van der Waals surface area contributed by atoms with Crippen LogP contribution in [0.15, 0.2) is 48.5 Å². The SMILES string of the molecule is CC[C@@H](Oc1ccc(F)cc1)C(=O)NCc1ccc(OC)cc1. The van der Waals surface area contributed by atoms with Gasteiger partial charge in [0, 0.05) is 6.54 Å². The van der Waals surface area contributed by atoms with E-state index < -0.39 is 6.10 Å². The van der Waals surface area contributed by atoms with Gasteiger partial charge in [-0.05, 0) is 48.4 Å². The Labute approximate surface area is 135 Å². The maximum atomic E-state index is 12.9. The van der Waals surface area contributed by atoms with Crippen molar-refractivity contribution in [2.24, 2.45) is 0 Å². The summed E-state index contributed by atoms with van der Waals surface area (Å²) in [6, 6.07) is 13.1. The first-order chi connectivity index (χ1) is 11.1. The minimum Gasteiger partial charge on any atom is -0.497 e. The summed E-state index contributed by atoms with van der Waals surface area (Å²) in [6.07, 6.45) is -0.0926. The highest BCUT2D eigenvalue weighted by Gasteiger charge is 2.18. The normalized spacial score (nSPS) is 11.6. The molecule has 0 saturated heterocycles. The van der Waals surface area contributed by atoms with Crippen LogP contribution in [0.5, 0.6) is 11.5 Å². The molecule has 0 aliphatic carbocycles. The molecule has 0 saturated carbocycles. The Morgan fingerprint density at radius 1 is 1.09 bits per heavy atom. The Morgan fingerprint density at radius 3 is 2.26 bits per heavy atom. The number of methoxy groups -OCH3 is 1. The molecule has 2 aromatic carbocycles. The van der Waals surface area contributed by atoms with E-state index >= 15 is 0 Å². The van der Waals surface area contributed by atoms with Gasteiger partial charge in [0.15, 0.2) is 6.10 Å². The average molecular weight is 317 g/mol. The van der Waals surface area contributed by atoms with Crippen molar-refractivity contribution < 1.29 is 18.7 Å². The molecule has 23 heavy (non-hydrogen) atoms. The second-order valence-corrected chi connectivity index (χ2v) is 5.03. The molecule has 2 aromatic rings. The summed E-state index contributed by atoms with van der Waals surface area (Å²) in [4.78, 5) is 12.2. The molecule has 2 rings (SSSR count). The van der Waals surface area contributed by atoms with Crippen LogP contribution in [0.2, 0.25) is 0 Å². The number of hydrogen-bond donors (Lipinski definition) is 1. The van der Waals surface area contributed by atoms with Crippen molar-refractivity contribution in [3.63, 3.8) is 0 Å². The Balaban J connectivity index is 1.90. The fraction of sp³-hybridized carbons (Fsp3) is 0.278. The van der Waals surface area contributed by atoms with Crippen molar-refractivity contribution in [2.75, 3.05) is 7.11 Å². The van der Waals surface area contributed by atoms with Crippen molar-refractivity contribution in [1.29, 1.82) is 0 Å². The molecule has 0 radical (unpaired) electrons. The third-order valence-corrected chi connectivity index (χ3v) is 3.38. The quantitative estimate of drug-likeness (QED) is 0.852. The number of halogens is 1. The van der Waals surface area contributed by atoms with E-state index in [1.165, 1.54) is 24.3 Å². The van der Waals surface area contributed by atoms with E-state index in [-0.39, 0.29) is 11.7 Å². The highest BCUT2D eigenvalue weighted by atomic mass is 19.1. The zero-order valence-electron chi connectivity index (χ0n) is 13.2. The van der Waals surface area contributed by atoms with E-state index in [4.69, 9.17) is 9.47 Å². The lowest BCUT2D eigenvalue weighted by Crippen LogP contribution is -2.37. The van der Waals surface area contributed by atoms with Gasteiger partial charge in [0.25, 0.3) is 5.91 Å². The summed E-state index contributed by atoms with van der Waals surface area (Å²) in [7, 11) is 1.61. The van der Waals surface area contributed by atoms with Crippen LogP contribution in [0.25, 0.3) is 0 Å². The number of benzene rings is 2. The molecule has 1 amide bonds. The topological polar surface area (TPSA) is 47.6 Å². The molecule has 1 atom stereocenters. The van der Waals surface area contributed by atoms with E-state index in [9.17, 15) is 9.18 Å². The molecular weight excluding hydrogens is 297 g/mol. The molecular formula is C18H20FNO3. The second kappa shape index (κ2) is 8.17. The summed E-state index contributed by atoms with van der Waals surface area (Å²) >= 11 is 0. The zero-order chi connectivity index (χ0) is 16.7. The monoisotopic (exact) mass is 317 g/mol. The van der Waals surface area contributed by atoms with Crippen LogP contribution in [-0.4, -0.2) is 19.1 Å². The predicted molar refractivity (Wildman–Crippen MR) is 85.9 cm³/mol. The highest BCUT2D eigenvalue weighted by molar-refractivity contribution is 5.81. The van der Waals surface area contributed by atoms with E-state index in [2.05, 4.69) is 5.32 Å². The Morgan fingerprint density at radius 2 is 1.70 bits per heavy atom. The van der Waals surface area contributed by atoms with E-state index in [0.717, 1.165) is 11.3 Å². The van der Waals surface area contributed by atoms with E-state index in [1.807, 2.05) is 31.2 Å². The first kappa shape index (κ1) is 16.8. The average Bonchev–Trinajstić information content (AvgIpc) is 2.59. The number of ether oxygens (including phenoxy) is 2. The van der Waals surface area contributed by atoms with Gasteiger partial charge in [-0.1, -0.05) is 19.1 Å². The van der Waals surface area contributed by atoms with Gasteiger partial charge in [-0.2, -0.15) is 0 Å². The molecule has 0 spiro atoms. The molecule has 4 nitrogen and oxygen atoms in total. The fourth-order valence-corrected chi connectivity index (χ4v) is 2.05. The van der Waals surface area contributed by atoms with Crippen LogP contribution in [0, 0.1) is 5.82 Å². The summed E-state index contributed by atoms with van der Waals surface area (Å²) in [6.45, 7) is 2.27. The number of rotatable bonds is 7. The summed E-state index contributed by atoms with van der Waals surface area (Å²) < 4.78 is 23.6. The number of carbonyl (C=O) groups is 1. The molecule has 122 valence electrons. The largest absolute Gasteiger partial charge is 0.497 e. The first-order valence-corrected chi connectivity index (χ1v) is 7.45. The minimum absolute atomic E-state index is 0.201. The standard InChI is InChI=1S/C18H20FNO3/c1-3-17(23-16-10-6-14(19)7-11-16)18(21)20-12-13-4-8-15(22-2)9-5-13/h4-11,17H,3,12H2,1-2H3,(H,20,21)/t17-/m1/s1. The third-order valence-electron chi connectivity index (χ3n) is 3.38. The van der Waals surface area contributed by atoms with Crippen LogP contribution in [0.4, 0.5) is 4.39 Å². The van der Waals surface area contributed by atoms with Gasteiger partial charge < -0.3 is 14.8 Å². The highest BCUT2D eigenvalue weighted by Crippen LogP contribution is 2.15. The number of amides is 1. The minimum atomic E-state index is -0.612. The van der Waals surface area contributed by atoms with Crippen LogP contribution in [0.1, 0.15) is 18.9 Å². The molecule has 0 bridgehead atoms. The lowest BCUT2D eigenvalue weighted by atomic mass is 10.2. The van der Waals surface area contributed by atoms with Gasteiger partial charge in [0.05, 0.1) is 7.11 Å². The molecule has 0 aliphatic heterocycles. The number of nitrogens with one attached hydrogen (secondary N) is 1. The van der Waals surface area contributed by atoms with Gasteiger partial charge in [-0.25, -0.2) is 4.39 Å². The molecule has 0 fully saturated rings. The fourth-order valence-electron chi connectivity index (χ4n) is 2.05. The maximum absolute atomic E-state index is 12.9. The van der Waals surface area contributed by atoms with Gasteiger partial charge >= 0.3 is 0 Å². The lowest BCUT2D eigenvalue weighted by molar-refractivity contribution is -0.128. The van der Waals surface area contributed by atoms with Crippen molar-refractivity contribution in [3.05, 3.63) is 59.9 Å². The Kier molecular flexibility index (Phi) is 5.97. The third kappa shape index (κ3) is 4.98. The van der Waals surface area contributed by atoms with Gasteiger partial charge in [0.1, 0.15) is 17.3 Å². The summed E-state index contributed by atoms with van der Waals surface area (Å²) in [5, 5.41) is 2.84. The molecule has 0 unspecified atom stereocenters. The Hall–Kier alpha value is -2.56. The van der Waals surface area contributed by atoms with E-state index in [1.54, 1.807) is 7.11 Å². The van der Waals surface area contributed by atoms with Crippen molar-refractivity contribution in [1.82, 2.24) is 5.32 Å². The van der Waals surface area contributed by atoms with Crippen LogP contribution >= 0.6 is 0 Å².